The van der Waals surface area contributed by atoms with Crippen LogP contribution in [0.15, 0.2) is 42.5 Å². The first-order chi connectivity index (χ1) is 15.9. The highest BCUT2D eigenvalue weighted by Crippen LogP contribution is 2.28. The minimum atomic E-state index is -0.862. The minimum absolute atomic E-state index is 0.0553. The average molecular weight is 456 g/mol. The number of piperidine rings is 1. The molecule has 2 aliphatic rings. The second-order valence-corrected chi connectivity index (χ2v) is 9.08. The highest BCUT2D eigenvalue weighted by Gasteiger charge is 2.28. The van der Waals surface area contributed by atoms with Gasteiger partial charge < -0.3 is 15.1 Å². The first-order valence-corrected chi connectivity index (χ1v) is 11.8. The summed E-state index contributed by atoms with van der Waals surface area (Å²) in [6, 6.07) is 10.9. The van der Waals surface area contributed by atoms with Gasteiger partial charge in [-0.25, -0.2) is 8.78 Å². The van der Waals surface area contributed by atoms with Crippen LogP contribution in [-0.2, 0) is 0 Å². The van der Waals surface area contributed by atoms with Crippen molar-refractivity contribution in [1.29, 1.82) is 0 Å². The molecular weight excluding hydrogens is 424 g/mol. The number of anilines is 1. The van der Waals surface area contributed by atoms with E-state index in [1.54, 1.807) is 0 Å². The third-order valence-electron chi connectivity index (χ3n) is 6.92. The van der Waals surface area contributed by atoms with Crippen LogP contribution in [0.4, 0.5) is 14.5 Å². The molecule has 2 fully saturated rings. The van der Waals surface area contributed by atoms with Crippen molar-refractivity contribution in [3.8, 4) is 0 Å². The molecule has 0 aromatic heterocycles. The van der Waals surface area contributed by atoms with Crippen molar-refractivity contribution in [2.24, 2.45) is 0 Å². The standard InChI is InChI=1S/C26H31F2N3O2/c1-30(20-7-3-2-4-8-20)26(33)22-9-5-6-10-24(22)31-15-13-19(14-16-31)29-25(32)21-12-11-18(27)17-23(21)28/h5-6,9-12,17,19-20H,2-4,7-8,13-16H2,1H3,(H,29,32). The monoisotopic (exact) mass is 455 g/mol. The van der Waals surface area contributed by atoms with Crippen LogP contribution in [0.2, 0.25) is 0 Å². The van der Waals surface area contributed by atoms with Crippen LogP contribution >= 0.6 is 0 Å². The lowest BCUT2D eigenvalue weighted by atomic mass is 9.94. The molecule has 7 heteroatoms. The van der Waals surface area contributed by atoms with Crippen LogP contribution in [0.25, 0.3) is 0 Å². The van der Waals surface area contributed by atoms with Crippen LogP contribution in [-0.4, -0.2) is 48.9 Å². The Morgan fingerprint density at radius 2 is 1.64 bits per heavy atom. The highest BCUT2D eigenvalue weighted by molar-refractivity contribution is 6.00. The van der Waals surface area contributed by atoms with Gasteiger partial charge in [0.05, 0.1) is 11.1 Å². The van der Waals surface area contributed by atoms with Crippen molar-refractivity contribution in [3.05, 3.63) is 65.2 Å². The third-order valence-corrected chi connectivity index (χ3v) is 6.92. The van der Waals surface area contributed by atoms with E-state index in [9.17, 15) is 18.4 Å². The van der Waals surface area contributed by atoms with Crippen LogP contribution < -0.4 is 10.2 Å². The average Bonchev–Trinajstić information content (AvgIpc) is 2.84. The molecule has 1 aliphatic heterocycles. The molecule has 1 heterocycles. The van der Waals surface area contributed by atoms with Crippen molar-refractivity contribution in [1.82, 2.24) is 10.2 Å². The van der Waals surface area contributed by atoms with Crippen molar-refractivity contribution < 1.29 is 18.4 Å². The summed E-state index contributed by atoms with van der Waals surface area (Å²) in [6.07, 6.45) is 7.06. The zero-order chi connectivity index (χ0) is 23.4. The Labute approximate surface area is 193 Å². The van der Waals surface area contributed by atoms with E-state index in [4.69, 9.17) is 0 Å². The molecule has 2 aromatic rings. The van der Waals surface area contributed by atoms with E-state index in [0.717, 1.165) is 30.7 Å². The molecule has 0 atom stereocenters. The number of rotatable bonds is 5. The number of hydrogen-bond acceptors (Lipinski definition) is 3. The Bertz CT molecular complexity index is 999. The van der Waals surface area contributed by atoms with Gasteiger partial charge in [0.25, 0.3) is 11.8 Å². The Kier molecular flexibility index (Phi) is 7.26. The van der Waals surface area contributed by atoms with Gasteiger partial charge in [0.15, 0.2) is 0 Å². The summed E-state index contributed by atoms with van der Waals surface area (Å²) >= 11 is 0. The predicted octanol–water partition coefficient (Wildman–Crippen LogP) is 4.77. The quantitative estimate of drug-likeness (QED) is 0.707. The molecule has 0 spiro atoms. The molecule has 0 unspecified atom stereocenters. The van der Waals surface area contributed by atoms with Gasteiger partial charge in [0.2, 0.25) is 0 Å². The molecule has 1 N–H and O–H groups in total. The smallest absolute Gasteiger partial charge is 0.255 e. The molecule has 33 heavy (non-hydrogen) atoms. The van der Waals surface area contributed by atoms with Gasteiger partial charge in [0, 0.05) is 44.0 Å². The van der Waals surface area contributed by atoms with E-state index in [2.05, 4.69) is 10.2 Å². The topological polar surface area (TPSA) is 52.7 Å². The number of nitrogens with one attached hydrogen (secondary N) is 1. The van der Waals surface area contributed by atoms with Gasteiger partial charge in [-0.1, -0.05) is 31.4 Å². The Morgan fingerprint density at radius 3 is 2.33 bits per heavy atom. The fourth-order valence-electron chi connectivity index (χ4n) is 4.96. The summed E-state index contributed by atoms with van der Waals surface area (Å²) in [5, 5.41) is 2.86. The molecule has 0 radical (unpaired) electrons. The van der Waals surface area contributed by atoms with E-state index < -0.39 is 17.5 Å². The molecule has 2 amide bonds. The number of benzene rings is 2. The normalized spacial score (nSPS) is 17.6. The number of hydrogen-bond donors (Lipinski definition) is 1. The molecular formula is C26H31F2N3O2. The summed E-state index contributed by atoms with van der Waals surface area (Å²) in [5.74, 6) is -2.05. The lowest BCUT2D eigenvalue weighted by Crippen LogP contribution is -2.45. The molecule has 1 saturated heterocycles. The first-order valence-electron chi connectivity index (χ1n) is 11.8. The zero-order valence-electron chi connectivity index (χ0n) is 19.0. The van der Waals surface area contributed by atoms with Crippen LogP contribution in [0, 0.1) is 11.6 Å². The Morgan fingerprint density at radius 1 is 0.939 bits per heavy atom. The van der Waals surface area contributed by atoms with E-state index in [0.29, 0.717) is 37.5 Å². The van der Waals surface area contributed by atoms with Gasteiger partial charge in [-0.3, -0.25) is 9.59 Å². The number of amides is 2. The summed E-state index contributed by atoms with van der Waals surface area (Å²) < 4.78 is 27.0. The van der Waals surface area contributed by atoms with Gasteiger partial charge in [-0.2, -0.15) is 0 Å². The van der Waals surface area contributed by atoms with Crippen LogP contribution in [0.1, 0.15) is 65.7 Å². The van der Waals surface area contributed by atoms with E-state index in [-0.39, 0.29) is 17.5 Å². The molecule has 4 rings (SSSR count). The second kappa shape index (κ2) is 10.3. The number of carbonyl (C=O) groups excluding carboxylic acids is 2. The fraction of sp³-hybridized carbons (Fsp3) is 0.462. The van der Waals surface area contributed by atoms with Gasteiger partial charge in [-0.05, 0) is 49.9 Å². The lowest BCUT2D eigenvalue weighted by Gasteiger charge is -2.36. The summed E-state index contributed by atoms with van der Waals surface area (Å²) in [7, 11) is 1.91. The molecule has 1 saturated carbocycles. The third kappa shape index (κ3) is 5.34. The predicted molar refractivity (Wildman–Crippen MR) is 124 cm³/mol. The SMILES string of the molecule is CN(C(=O)c1ccccc1N1CCC(NC(=O)c2ccc(F)cc2F)CC1)C1CCCCC1. The van der Waals surface area contributed by atoms with Crippen molar-refractivity contribution >= 4 is 17.5 Å². The summed E-state index contributed by atoms with van der Waals surface area (Å²) in [4.78, 5) is 29.8. The summed E-state index contributed by atoms with van der Waals surface area (Å²) in [5.41, 5.74) is 1.47. The van der Waals surface area contributed by atoms with Gasteiger partial charge in [0.1, 0.15) is 11.6 Å². The maximum atomic E-state index is 13.9. The maximum Gasteiger partial charge on any atom is 0.255 e. The van der Waals surface area contributed by atoms with Crippen molar-refractivity contribution in [3.63, 3.8) is 0 Å². The summed E-state index contributed by atoms with van der Waals surface area (Å²) in [6.45, 7) is 1.35. The highest BCUT2D eigenvalue weighted by atomic mass is 19.1. The Balaban J connectivity index is 1.39. The van der Waals surface area contributed by atoms with E-state index in [1.165, 1.54) is 25.3 Å². The molecule has 176 valence electrons. The van der Waals surface area contributed by atoms with Crippen molar-refractivity contribution in [2.75, 3.05) is 25.0 Å². The zero-order valence-corrected chi connectivity index (χ0v) is 19.0. The first kappa shape index (κ1) is 23.2. The van der Waals surface area contributed by atoms with E-state index in [1.807, 2.05) is 36.2 Å². The molecule has 5 nitrogen and oxygen atoms in total. The second-order valence-electron chi connectivity index (χ2n) is 9.08. The maximum absolute atomic E-state index is 13.9. The largest absolute Gasteiger partial charge is 0.371 e. The lowest BCUT2D eigenvalue weighted by molar-refractivity contribution is 0.0696. The van der Waals surface area contributed by atoms with Crippen molar-refractivity contribution in [2.45, 2.75) is 57.0 Å². The number of halogens is 2. The van der Waals surface area contributed by atoms with Gasteiger partial charge in [-0.15, -0.1) is 0 Å². The van der Waals surface area contributed by atoms with Crippen LogP contribution in [0.5, 0.6) is 0 Å². The van der Waals surface area contributed by atoms with Gasteiger partial charge >= 0.3 is 0 Å². The van der Waals surface area contributed by atoms with E-state index >= 15 is 0 Å². The molecule has 2 aromatic carbocycles. The molecule has 1 aliphatic carbocycles. The van der Waals surface area contributed by atoms with Crippen LogP contribution in [0.3, 0.4) is 0 Å². The fourth-order valence-corrected chi connectivity index (χ4v) is 4.96. The number of carbonyl (C=O) groups is 2. The molecule has 0 bridgehead atoms. The number of nitrogens with zero attached hydrogens (tertiary/aromatic N) is 2. The Hall–Kier alpha value is -2.96. The minimum Gasteiger partial charge on any atom is -0.371 e. The number of para-hydroxylation sites is 1.